The molecular weight excluding hydrogens is 378 g/mol. The first kappa shape index (κ1) is 18.3. The molecule has 1 aliphatic carbocycles. The van der Waals surface area contributed by atoms with E-state index in [0.29, 0.717) is 39.6 Å². The quantitative estimate of drug-likeness (QED) is 0.609. The first-order valence-electron chi connectivity index (χ1n) is 8.99. The summed E-state index contributed by atoms with van der Waals surface area (Å²) in [6.45, 7) is 1.71. The average molecular weight is 397 g/mol. The molecule has 2 aliphatic rings. The fourth-order valence-electron chi connectivity index (χ4n) is 3.15. The minimum absolute atomic E-state index is 0.240. The Morgan fingerprint density at radius 1 is 1.29 bits per heavy atom. The van der Waals surface area contributed by atoms with Crippen LogP contribution in [0.3, 0.4) is 0 Å². The Morgan fingerprint density at radius 2 is 2.07 bits per heavy atom. The molecule has 5 rings (SSSR count). The third-order valence-electron chi connectivity index (χ3n) is 4.91. The van der Waals surface area contributed by atoms with Crippen LogP contribution in [-0.2, 0) is 16.3 Å². The number of sulfone groups is 1. The zero-order chi connectivity index (χ0) is 19.9. The lowest BCUT2D eigenvalue weighted by atomic mass is 10.1. The van der Waals surface area contributed by atoms with Crippen molar-refractivity contribution in [3.8, 4) is 6.07 Å². The van der Waals surface area contributed by atoms with Crippen LogP contribution in [-0.4, -0.2) is 28.8 Å². The maximum absolute atomic E-state index is 12.1. The van der Waals surface area contributed by atoms with Crippen LogP contribution in [0.2, 0.25) is 0 Å². The maximum Gasteiger partial charge on any atom is 0.261 e. The second-order valence-electron chi connectivity index (χ2n) is 7.08. The van der Waals surface area contributed by atoms with E-state index in [-0.39, 0.29) is 5.56 Å². The van der Waals surface area contributed by atoms with E-state index in [0.717, 1.165) is 18.4 Å². The minimum atomic E-state index is -3.21. The summed E-state index contributed by atoms with van der Waals surface area (Å²) < 4.78 is 24.3. The second-order valence-corrected chi connectivity index (χ2v) is 9.41. The van der Waals surface area contributed by atoms with Crippen molar-refractivity contribution in [3.63, 3.8) is 0 Å². The van der Waals surface area contributed by atoms with Gasteiger partial charge in [-0.3, -0.25) is 9.89 Å². The molecule has 144 valence electrons. The van der Waals surface area contributed by atoms with Crippen LogP contribution in [0.5, 0.6) is 0 Å². The van der Waals surface area contributed by atoms with Crippen LogP contribution in [0.1, 0.15) is 25.3 Å². The fourth-order valence-corrected chi connectivity index (χ4v) is 4.75. The van der Waals surface area contributed by atoms with Gasteiger partial charge in [-0.15, -0.1) is 0 Å². The molecule has 1 saturated carbocycles. The molecule has 3 aromatic rings. The normalized spacial score (nSPS) is 19.4. The Hall–Kier alpha value is -3.12. The van der Waals surface area contributed by atoms with Crippen LogP contribution >= 0.6 is 0 Å². The Morgan fingerprint density at radius 3 is 2.75 bits per heavy atom. The average Bonchev–Trinajstić information content (AvgIpc) is 3.38. The molecule has 0 bridgehead atoms. The van der Waals surface area contributed by atoms with Gasteiger partial charge in [-0.2, -0.15) is 10.4 Å². The summed E-state index contributed by atoms with van der Waals surface area (Å²) in [4.78, 5) is 14.9. The van der Waals surface area contributed by atoms with Gasteiger partial charge >= 0.3 is 0 Å². The summed E-state index contributed by atoms with van der Waals surface area (Å²) in [6, 6.07) is 8.96. The Balaban J connectivity index is 0.000000336. The smallest absolute Gasteiger partial charge is 0.261 e. The van der Waals surface area contributed by atoms with Gasteiger partial charge in [-0.05, 0) is 56.0 Å². The minimum Gasteiger partial charge on any atom is -0.338 e. The van der Waals surface area contributed by atoms with Gasteiger partial charge < -0.3 is 10.3 Å². The van der Waals surface area contributed by atoms with Crippen molar-refractivity contribution in [2.75, 3.05) is 5.32 Å². The Bertz CT molecular complexity index is 1250. The van der Waals surface area contributed by atoms with Gasteiger partial charge in [0.05, 0.1) is 21.7 Å². The number of hydrogen-bond donors (Lipinski definition) is 3. The number of fused-ring (bicyclic) bond motifs is 2. The molecule has 8 nitrogen and oxygen atoms in total. The number of aromatic amines is 2. The Kier molecular flexibility index (Phi) is 4.43. The van der Waals surface area contributed by atoms with E-state index in [4.69, 9.17) is 5.26 Å². The van der Waals surface area contributed by atoms with Gasteiger partial charge in [0.25, 0.3) is 5.56 Å². The number of rotatable bonds is 2. The molecule has 0 spiro atoms. The fraction of sp³-hybridized carbons (Fsp3) is 0.316. The first-order valence-corrected chi connectivity index (χ1v) is 10.5. The lowest BCUT2D eigenvalue weighted by Gasteiger charge is -2.05. The molecule has 1 aliphatic heterocycles. The van der Waals surface area contributed by atoms with Gasteiger partial charge in [0.15, 0.2) is 15.7 Å². The van der Waals surface area contributed by atoms with Crippen molar-refractivity contribution in [3.05, 3.63) is 46.4 Å². The number of nitrogens with zero attached hydrogens (tertiary/aromatic N) is 2. The van der Waals surface area contributed by atoms with Crippen molar-refractivity contribution in [1.82, 2.24) is 15.2 Å². The molecule has 1 unspecified atom stereocenters. The summed E-state index contributed by atoms with van der Waals surface area (Å²) in [6.07, 6.45) is 4.34. The molecular formula is C19H19N5O3S. The molecule has 28 heavy (non-hydrogen) atoms. The van der Waals surface area contributed by atoms with Gasteiger partial charge in [-0.1, -0.05) is 0 Å². The predicted molar refractivity (Wildman–Crippen MR) is 105 cm³/mol. The predicted octanol–water partition coefficient (Wildman–Crippen LogP) is 2.63. The zero-order valence-electron chi connectivity index (χ0n) is 15.2. The van der Waals surface area contributed by atoms with Crippen LogP contribution in [0.25, 0.3) is 10.9 Å². The third-order valence-corrected chi connectivity index (χ3v) is 7.15. The number of benzene rings is 1. The lowest BCUT2D eigenvalue weighted by molar-refractivity contribution is 0.590. The number of hydrogen-bond acceptors (Lipinski definition) is 6. The topological polar surface area (TPSA) is 131 Å². The molecule has 0 amide bonds. The maximum atomic E-state index is 12.1. The van der Waals surface area contributed by atoms with Gasteiger partial charge in [-0.25, -0.2) is 8.42 Å². The largest absolute Gasteiger partial charge is 0.338 e. The van der Waals surface area contributed by atoms with Crippen LogP contribution in [0, 0.1) is 17.2 Å². The molecule has 9 heteroatoms. The van der Waals surface area contributed by atoms with E-state index in [1.54, 1.807) is 37.4 Å². The van der Waals surface area contributed by atoms with E-state index in [2.05, 4.69) is 26.6 Å². The number of nitriles is 1. The summed E-state index contributed by atoms with van der Waals surface area (Å²) in [5, 5.41) is 18.0. The molecule has 3 N–H and O–H groups in total. The third kappa shape index (κ3) is 3.27. The molecule has 3 heterocycles. The lowest BCUT2D eigenvalue weighted by Crippen LogP contribution is -2.11. The van der Waals surface area contributed by atoms with E-state index in [1.165, 1.54) is 0 Å². The summed E-state index contributed by atoms with van der Waals surface area (Å²) in [7, 11) is -3.21. The Labute approximate surface area is 161 Å². The van der Waals surface area contributed by atoms with Crippen molar-refractivity contribution in [2.45, 2.75) is 36.3 Å². The monoisotopic (exact) mass is 397 g/mol. The number of pyridine rings is 1. The SMILES string of the molecule is CC1Cc2cc(Nc3n[nH]c4cc[nH]c(=O)c34)ccc2S1(=O)=O.N#CC1CC1. The van der Waals surface area contributed by atoms with Crippen LogP contribution in [0.4, 0.5) is 11.5 Å². The summed E-state index contributed by atoms with van der Waals surface area (Å²) >= 11 is 0. The molecule has 1 fully saturated rings. The standard InChI is InChI=1S/C15H14N4O3S.C4H5N/c1-8-6-9-7-10(2-3-12(9)23(8,21)22)17-14-13-11(18-19-14)4-5-16-15(13)20;5-3-4-1-2-4/h2-5,7-8H,6H2,1H3,(H,16,20)(H2,17,18,19);4H,1-2H2. The number of H-pyrrole nitrogens is 2. The van der Waals surface area contributed by atoms with Crippen molar-refractivity contribution < 1.29 is 8.42 Å². The van der Waals surface area contributed by atoms with Gasteiger partial charge in [0.2, 0.25) is 0 Å². The second kappa shape index (κ2) is 6.80. The van der Waals surface area contributed by atoms with E-state index in [9.17, 15) is 13.2 Å². The molecule has 0 saturated heterocycles. The molecule has 1 aromatic carbocycles. The first-order chi connectivity index (χ1) is 13.4. The van der Waals surface area contributed by atoms with E-state index in [1.807, 2.05) is 0 Å². The van der Waals surface area contributed by atoms with E-state index >= 15 is 0 Å². The highest BCUT2D eigenvalue weighted by Crippen LogP contribution is 2.33. The highest BCUT2D eigenvalue weighted by atomic mass is 32.2. The summed E-state index contributed by atoms with van der Waals surface area (Å²) in [5.74, 6) is 0.853. The highest BCUT2D eigenvalue weighted by Gasteiger charge is 2.33. The van der Waals surface area contributed by atoms with Gasteiger partial charge in [0.1, 0.15) is 5.39 Å². The van der Waals surface area contributed by atoms with Crippen molar-refractivity contribution in [2.24, 2.45) is 5.92 Å². The molecule has 1 atom stereocenters. The van der Waals surface area contributed by atoms with Crippen molar-refractivity contribution in [1.29, 1.82) is 5.26 Å². The highest BCUT2D eigenvalue weighted by molar-refractivity contribution is 7.92. The zero-order valence-corrected chi connectivity index (χ0v) is 16.0. The van der Waals surface area contributed by atoms with Gasteiger partial charge in [0, 0.05) is 17.8 Å². The van der Waals surface area contributed by atoms with Crippen LogP contribution in [0.15, 0.2) is 40.2 Å². The summed E-state index contributed by atoms with van der Waals surface area (Å²) in [5.41, 5.74) is 1.88. The molecule has 2 aromatic heterocycles. The van der Waals surface area contributed by atoms with Crippen molar-refractivity contribution >= 4 is 32.2 Å². The molecule has 0 radical (unpaired) electrons. The number of aromatic nitrogens is 3. The van der Waals surface area contributed by atoms with Crippen LogP contribution < -0.4 is 10.9 Å². The number of nitrogens with one attached hydrogen (secondary N) is 3. The number of anilines is 2. The van der Waals surface area contributed by atoms with E-state index < -0.39 is 15.1 Å².